The third-order valence-electron chi connectivity index (χ3n) is 4.39. The maximum atomic E-state index is 12.7. The van der Waals surface area contributed by atoms with Gasteiger partial charge in [0.2, 0.25) is 0 Å². The van der Waals surface area contributed by atoms with E-state index in [9.17, 15) is 4.79 Å². The van der Waals surface area contributed by atoms with Gasteiger partial charge in [0.1, 0.15) is 9.88 Å². The smallest absolute Gasteiger partial charge is 0.269 e. The lowest BCUT2D eigenvalue weighted by molar-refractivity contribution is 0.103. The van der Waals surface area contributed by atoms with Gasteiger partial charge in [-0.15, -0.1) is 22.7 Å². The Morgan fingerprint density at radius 2 is 2.15 bits per heavy atom. The Morgan fingerprint density at radius 3 is 2.96 bits per heavy atom. The molecule has 26 heavy (non-hydrogen) atoms. The van der Waals surface area contributed by atoms with Gasteiger partial charge >= 0.3 is 0 Å². The second-order valence-electron chi connectivity index (χ2n) is 6.42. The molecule has 4 rings (SSSR count). The van der Waals surface area contributed by atoms with E-state index < -0.39 is 0 Å². The van der Waals surface area contributed by atoms with Crippen molar-refractivity contribution in [2.24, 2.45) is 0 Å². The Morgan fingerprint density at radius 1 is 1.27 bits per heavy atom. The fourth-order valence-corrected chi connectivity index (χ4v) is 5.14. The standard InChI is InChI=1S/C19H20N4OS2/c1-3-5-13-10-12(8-9-20-13)18-21-11(2)16(26-18)17(24)23-19-22-14-6-4-7-15(14)25-19/h8-10H,3-7H2,1-2H3,(H,22,23,24). The van der Waals surface area contributed by atoms with E-state index in [4.69, 9.17) is 0 Å². The highest BCUT2D eigenvalue weighted by molar-refractivity contribution is 7.18. The maximum absolute atomic E-state index is 12.7. The Bertz CT molecular complexity index is 939. The first-order valence-corrected chi connectivity index (χ1v) is 10.5. The first-order chi connectivity index (χ1) is 12.6. The lowest BCUT2D eigenvalue weighted by Gasteiger charge is -2.00. The number of fused-ring (bicyclic) bond motifs is 1. The molecule has 1 amide bonds. The minimum atomic E-state index is -0.124. The second kappa shape index (κ2) is 7.25. The molecule has 1 N–H and O–H groups in total. The molecular weight excluding hydrogens is 364 g/mol. The van der Waals surface area contributed by atoms with Crippen LogP contribution in [0.1, 0.15) is 51.4 Å². The third kappa shape index (κ3) is 3.41. The number of hydrogen-bond acceptors (Lipinski definition) is 6. The topological polar surface area (TPSA) is 67.8 Å². The van der Waals surface area contributed by atoms with Crippen molar-refractivity contribution in [1.82, 2.24) is 15.0 Å². The monoisotopic (exact) mass is 384 g/mol. The molecule has 0 saturated carbocycles. The van der Waals surface area contributed by atoms with Crippen LogP contribution in [-0.4, -0.2) is 20.9 Å². The van der Waals surface area contributed by atoms with Crippen LogP contribution in [0, 0.1) is 6.92 Å². The normalized spacial score (nSPS) is 13.0. The fraction of sp³-hybridized carbons (Fsp3) is 0.368. The summed E-state index contributed by atoms with van der Waals surface area (Å²) >= 11 is 3.02. The van der Waals surface area contributed by atoms with Gasteiger partial charge in [0.25, 0.3) is 5.91 Å². The molecule has 0 spiro atoms. The molecule has 1 aliphatic rings. The molecule has 7 heteroatoms. The number of aryl methyl sites for hydroxylation is 4. The highest BCUT2D eigenvalue weighted by Crippen LogP contribution is 2.32. The van der Waals surface area contributed by atoms with Gasteiger partial charge in [0.15, 0.2) is 5.13 Å². The summed E-state index contributed by atoms with van der Waals surface area (Å²) in [4.78, 5) is 28.2. The highest BCUT2D eigenvalue weighted by Gasteiger charge is 2.21. The van der Waals surface area contributed by atoms with Crippen molar-refractivity contribution in [3.8, 4) is 10.6 Å². The number of amides is 1. The van der Waals surface area contributed by atoms with Crippen LogP contribution in [0.15, 0.2) is 18.3 Å². The van der Waals surface area contributed by atoms with Gasteiger partial charge in [0, 0.05) is 22.3 Å². The van der Waals surface area contributed by atoms with E-state index >= 15 is 0 Å². The molecule has 1 aliphatic carbocycles. The summed E-state index contributed by atoms with van der Waals surface area (Å²) in [5.41, 5.74) is 3.97. The minimum absolute atomic E-state index is 0.124. The number of nitrogens with zero attached hydrogens (tertiary/aromatic N) is 3. The average Bonchev–Trinajstić information content (AvgIpc) is 3.30. The second-order valence-corrected chi connectivity index (χ2v) is 8.50. The van der Waals surface area contributed by atoms with E-state index in [1.807, 2.05) is 19.2 Å². The van der Waals surface area contributed by atoms with Crippen LogP contribution in [0.2, 0.25) is 0 Å². The number of aromatic nitrogens is 3. The molecule has 134 valence electrons. The highest BCUT2D eigenvalue weighted by atomic mass is 32.1. The van der Waals surface area contributed by atoms with Crippen LogP contribution in [0.3, 0.4) is 0 Å². The molecule has 0 bridgehead atoms. The van der Waals surface area contributed by atoms with E-state index in [1.54, 1.807) is 11.3 Å². The van der Waals surface area contributed by atoms with Gasteiger partial charge in [-0.05, 0) is 44.7 Å². The predicted molar refractivity (Wildman–Crippen MR) is 106 cm³/mol. The van der Waals surface area contributed by atoms with Gasteiger partial charge in [0.05, 0.1) is 11.4 Å². The lowest BCUT2D eigenvalue weighted by Crippen LogP contribution is -2.11. The van der Waals surface area contributed by atoms with Gasteiger partial charge < -0.3 is 0 Å². The Kier molecular flexibility index (Phi) is 4.82. The number of carbonyl (C=O) groups excluding carboxylic acids is 1. The number of rotatable bonds is 5. The number of pyridine rings is 1. The minimum Gasteiger partial charge on any atom is -0.297 e. The molecule has 5 nitrogen and oxygen atoms in total. The molecule has 0 aromatic carbocycles. The van der Waals surface area contributed by atoms with Crippen LogP contribution in [0.25, 0.3) is 10.6 Å². The van der Waals surface area contributed by atoms with Gasteiger partial charge in [-0.1, -0.05) is 13.3 Å². The number of carbonyl (C=O) groups is 1. The average molecular weight is 385 g/mol. The van der Waals surface area contributed by atoms with Gasteiger partial charge in [-0.25, -0.2) is 9.97 Å². The molecule has 0 saturated heterocycles. The molecule has 3 aromatic rings. The number of nitrogens with one attached hydrogen (secondary N) is 1. The molecule has 3 heterocycles. The summed E-state index contributed by atoms with van der Waals surface area (Å²) in [7, 11) is 0. The summed E-state index contributed by atoms with van der Waals surface area (Å²) in [6.07, 6.45) is 7.08. The summed E-state index contributed by atoms with van der Waals surface area (Å²) in [6.45, 7) is 4.02. The number of thiazole rings is 2. The van der Waals surface area contributed by atoms with Crippen molar-refractivity contribution < 1.29 is 4.79 Å². The van der Waals surface area contributed by atoms with Crippen molar-refractivity contribution >= 4 is 33.7 Å². The van der Waals surface area contributed by atoms with E-state index in [2.05, 4.69) is 33.3 Å². The van der Waals surface area contributed by atoms with E-state index in [-0.39, 0.29) is 5.91 Å². The number of anilines is 1. The summed E-state index contributed by atoms with van der Waals surface area (Å²) in [6, 6.07) is 4.01. The van der Waals surface area contributed by atoms with Crippen molar-refractivity contribution in [3.63, 3.8) is 0 Å². The summed E-state index contributed by atoms with van der Waals surface area (Å²) in [5, 5.41) is 4.50. The Labute approximate surface area is 160 Å². The van der Waals surface area contributed by atoms with Gasteiger partial charge in [-0.3, -0.25) is 15.1 Å². The van der Waals surface area contributed by atoms with Crippen molar-refractivity contribution in [2.45, 2.75) is 46.0 Å². The zero-order valence-corrected chi connectivity index (χ0v) is 16.5. The zero-order valence-electron chi connectivity index (χ0n) is 14.8. The van der Waals surface area contributed by atoms with Crippen molar-refractivity contribution in [3.05, 3.63) is 45.2 Å². The molecule has 3 aromatic heterocycles. The van der Waals surface area contributed by atoms with Crippen molar-refractivity contribution in [1.29, 1.82) is 0 Å². The molecule has 0 fully saturated rings. The predicted octanol–water partition coefficient (Wildman–Crippen LogP) is 4.66. The SMILES string of the molecule is CCCc1cc(-c2nc(C)c(C(=O)Nc3nc4c(s3)CCC4)s2)ccn1. The first-order valence-electron chi connectivity index (χ1n) is 8.86. The third-order valence-corrected chi connectivity index (χ3v) is 6.67. The lowest BCUT2D eigenvalue weighted by atomic mass is 10.2. The molecule has 0 aliphatic heterocycles. The fourth-order valence-electron chi connectivity index (χ4n) is 3.13. The van der Waals surface area contributed by atoms with E-state index in [0.717, 1.165) is 53.3 Å². The molecule has 0 unspecified atom stereocenters. The number of hydrogen-bond donors (Lipinski definition) is 1. The maximum Gasteiger partial charge on any atom is 0.269 e. The summed E-state index contributed by atoms with van der Waals surface area (Å²) in [5.74, 6) is -0.124. The van der Waals surface area contributed by atoms with Crippen LogP contribution in [0.4, 0.5) is 5.13 Å². The van der Waals surface area contributed by atoms with E-state index in [0.29, 0.717) is 10.0 Å². The molecule has 0 atom stereocenters. The Hall–Kier alpha value is -2.12. The van der Waals surface area contributed by atoms with E-state index in [1.165, 1.54) is 22.6 Å². The first kappa shape index (κ1) is 17.3. The van der Waals surface area contributed by atoms with Crippen LogP contribution in [0.5, 0.6) is 0 Å². The van der Waals surface area contributed by atoms with Gasteiger partial charge in [-0.2, -0.15) is 0 Å². The Balaban J connectivity index is 1.55. The quantitative estimate of drug-likeness (QED) is 0.694. The van der Waals surface area contributed by atoms with Crippen LogP contribution >= 0.6 is 22.7 Å². The van der Waals surface area contributed by atoms with Crippen LogP contribution in [-0.2, 0) is 19.3 Å². The zero-order chi connectivity index (χ0) is 18.1. The largest absolute Gasteiger partial charge is 0.297 e. The molecular formula is C19H20N4OS2. The van der Waals surface area contributed by atoms with Crippen LogP contribution < -0.4 is 5.32 Å². The summed E-state index contributed by atoms with van der Waals surface area (Å²) < 4.78 is 0. The van der Waals surface area contributed by atoms with Crippen molar-refractivity contribution in [2.75, 3.05) is 5.32 Å². The molecule has 0 radical (unpaired) electrons.